The van der Waals surface area contributed by atoms with E-state index in [1.54, 1.807) is 12.1 Å². The number of nitrogens with zero attached hydrogens (tertiary/aromatic N) is 2. The van der Waals surface area contributed by atoms with Crippen LogP contribution in [0.4, 0.5) is 17.6 Å². The fourth-order valence-electron chi connectivity index (χ4n) is 3.20. The van der Waals surface area contributed by atoms with Gasteiger partial charge in [-0.1, -0.05) is 29.5 Å². The number of alkyl halides is 3. The number of phosphoric acid groups is 1. The second kappa shape index (κ2) is 11.8. The van der Waals surface area contributed by atoms with Crippen molar-refractivity contribution in [1.29, 1.82) is 0 Å². The molecule has 14 heteroatoms. The number of hydrogen-bond acceptors (Lipinski definition) is 7. The van der Waals surface area contributed by atoms with Crippen LogP contribution in [-0.2, 0) is 27.2 Å². The maximum atomic E-state index is 13.8. The Morgan fingerprint density at radius 3 is 2.43 bits per heavy atom. The second-order valence-corrected chi connectivity index (χ2v) is 10.3. The molecule has 0 saturated heterocycles. The zero-order valence-corrected chi connectivity index (χ0v) is 21.0. The number of phosphoric ester groups is 1. The van der Waals surface area contributed by atoms with Gasteiger partial charge in [0.15, 0.2) is 0 Å². The van der Waals surface area contributed by atoms with Crippen molar-refractivity contribution in [2.75, 3.05) is 13.2 Å². The van der Waals surface area contributed by atoms with Crippen LogP contribution in [0.3, 0.4) is 0 Å². The van der Waals surface area contributed by atoms with Crippen molar-refractivity contribution in [3.8, 4) is 16.3 Å². The van der Waals surface area contributed by atoms with Crippen LogP contribution in [0.1, 0.15) is 29.0 Å². The molecule has 0 radical (unpaired) electrons. The van der Waals surface area contributed by atoms with Crippen LogP contribution in [0.5, 0.6) is 5.75 Å². The molecule has 3 rings (SSSR count). The summed E-state index contributed by atoms with van der Waals surface area (Å²) < 4.78 is 75.2. The van der Waals surface area contributed by atoms with Crippen molar-refractivity contribution in [3.63, 3.8) is 0 Å². The van der Waals surface area contributed by atoms with Gasteiger partial charge in [0, 0.05) is 5.56 Å². The van der Waals surface area contributed by atoms with Crippen molar-refractivity contribution in [1.82, 2.24) is 10.2 Å². The van der Waals surface area contributed by atoms with E-state index in [1.807, 2.05) is 0 Å². The van der Waals surface area contributed by atoms with Gasteiger partial charge >= 0.3 is 14.0 Å². The predicted molar refractivity (Wildman–Crippen MR) is 129 cm³/mol. The number of rotatable bonds is 12. The second-order valence-electron chi connectivity index (χ2n) is 8.06. The largest absolute Gasteiger partial charge is 0.493 e. The lowest BCUT2D eigenvalue weighted by Gasteiger charge is -2.22. The molecule has 0 spiro atoms. The van der Waals surface area contributed by atoms with Gasteiger partial charge in [0.2, 0.25) is 0 Å². The molecule has 4 N–H and O–H groups in total. The highest BCUT2D eigenvalue weighted by Gasteiger charge is 2.36. The molecule has 0 amide bonds. The third-order valence-corrected chi connectivity index (χ3v) is 6.85. The molecule has 0 aliphatic heterocycles. The van der Waals surface area contributed by atoms with E-state index < -0.39 is 31.7 Å². The molecule has 2 aromatic carbocycles. The number of unbranched alkanes of at least 4 members (excludes halogenated alkanes) is 1. The molecular weight excluding hydrogens is 537 g/mol. The lowest BCUT2D eigenvalue weighted by atomic mass is 10.0. The summed E-state index contributed by atoms with van der Waals surface area (Å²) in [5.74, 6) is -0.672. The van der Waals surface area contributed by atoms with Crippen molar-refractivity contribution >= 4 is 19.2 Å². The van der Waals surface area contributed by atoms with Crippen LogP contribution < -0.4 is 10.5 Å². The first kappa shape index (κ1) is 28.9. The average Bonchev–Trinajstić information content (AvgIpc) is 3.33. The molecule has 3 aromatic rings. The summed E-state index contributed by atoms with van der Waals surface area (Å²) in [5.41, 5.74) is 4.47. The quantitative estimate of drug-likeness (QED) is 0.119. The molecule has 0 fully saturated rings. The van der Waals surface area contributed by atoms with Gasteiger partial charge in [0.05, 0.1) is 18.8 Å². The van der Waals surface area contributed by atoms with E-state index in [0.29, 0.717) is 19.3 Å². The Balaban J connectivity index is 1.70. The van der Waals surface area contributed by atoms with Gasteiger partial charge < -0.3 is 20.3 Å². The minimum atomic E-state index is -4.83. The number of aryl methyl sites for hydroxylation is 1. The standard InChI is InChI=1S/C23H24F4N3O5PS/c1-2-22(28,14-35-36(31,32)33)21-30-29-20(37-21)16-8-11-19(18(13-16)23(25,26)27)34-12-4-3-5-15-6-9-17(24)10-7-15/h2,6-11,13H,1,3-5,12,14,28H2,(H2,31,32,33)/t22-/m0/s1. The van der Waals surface area contributed by atoms with Crippen molar-refractivity contribution in [3.05, 3.63) is 77.1 Å². The number of benzene rings is 2. The van der Waals surface area contributed by atoms with Gasteiger partial charge in [-0.15, -0.1) is 16.8 Å². The summed E-state index contributed by atoms with van der Waals surface area (Å²) in [6.07, 6.45) is -1.77. The molecule has 0 aliphatic rings. The van der Waals surface area contributed by atoms with Crippen LogP contribution in [0.2, 0.25) is 0 Å². The zero-order valence-electron chi connectivity index (χ0n) is 19.3. The number of aromatic nitrogens is 2. The SMILES string of the molecule is C=C[C@](N)(COP(=O)(O)O)c1nnc(-c2ccc(OCCCCc3ccc(F)cc3)c(C(F)(F)F)c2)s1. The molecule has 200 valence electrons. The molecule has 37 heavy (non-hydrogen) atoms. The molecule has 0 saturated carbocycles. The Labute approximate surface area is 214 Å². The van der Waals surface area contributed by atoms with Gasteiger partial charge in [0.25, 0.3) is 0 Å². The van der Waals surface area contributed by atoms with E-state index in [1.165, 1.54) is 24.3 Å². The van der Waals surface area contributed by atoms with E-state index in [0.717, 1.165) is 29.0 Å². The minimum absolute atomic E-state index is 0.0426. The number of halogens is 4. The summed E-state index contributed by atoms with van der Waals surface area (Å²) in [4.78, 5) is 17.9. The third kappa shape index (κ3) is 8.16. The zero-order chi connectivity index (χ0) is 27.3. The summed E-state index contributed by atoms with van der Waals surface area (Å²) in [5, 5.41) is 7.87. The Morgan fingerprint density at radius 2 is 1.81 bits per heavy atom. The van der Waals surface area contributed by atoms with E-state index in [9.17, 15) is 22.1 Å². The maximum absolute atomic E-state index is 13.8. The van der Waals surface area contributed by atoms with Gasteiger partial charge in [-0.05, 0) is 55.2 Å². The third-order valence-electron chi connectivity index (χ3n) is 5.22. The Kier molecular flexibility index (Phi) is 9.22. The topological polar surface area (TPSA) is 128 Å². The molecule has 0 aliphatic carbocycles. The highest BCUT2D eigenvalue weighted by molar-refractivity contribution is 7.46. The Morgan fingerprint density at radius 1 is 1.11 bits per heavy atom. The molecule has 1 aromatic heterocycles. The summed E-state index contributed by atoms with van der Waals surface area (Å²) in [6.45, 7) is 2.90. The molecular formula is C23H24F4N3O5PS. The van der Waals surface area contributed by atoms with Crippen LogP contribution in [0, 0.1) is 5.82 Å². The highest BCUT2D eigenvalue weighted by atomic mass is 32.1. The molecule has 1 heterocycles. The van der Waals surface area contributed by atoms with Crippen molar-refractivity contribution in [2.24, 2.45) is 5.73 Å². The van der Waals surface area contributed by atoms with E-state index in [-0.39, 0.29) is 33.8 Å². The van der Waals surface area contributed by atoms with Gasteiger partial charge in [-0.2, -0.15) is 13.2 Å². The smallest absolute Gasteiger partial charge is 0.469 e. The monoisotopic (exact) mass is 561 g/mol. The van der Waals surface area contributed by atoms with Crippen LogP contribution in [-0.4, -0.2) is 33.2 Å². The first-order valence-corrected chi connectivity index (χ1v) is 13.2. The lowest BCUT2D eigenvalue weighted by molar-refractivity contribution is -0.138. The first-order chi connectivity index (χ1) is 17.3. The van der Waals surface area contributed by atoms with Crippen molar-refractivity contribution < 1.29 is 41.2 Å². The number of nitrogens with two attached hydrogens (primary N) is 1. The molecule has 0 bridgehead atoms. The van der Waals surface area contributed by atoms with Crippen LogP contribution in [0.25, 0.3) is 10.6 Å². The maximum Gasteiger partial charge on any atom is 0.469 e. The lowest BCUT2D eigenvalue weighted by Crippen LogP contribution is -2.39. The molecule has 1 atom stereocenters. The molecule has 8 nitrogen and oxygen atoms in total. The Bertz CT molecular complexity index is 1270. The van der Waals surface area contributed by atoms with Gasteiger partial charge in [-0.25, -0.2) is 8.96 Å². The minimum Gasteiger partial charge on any atom is -0.493 e. The van der Waals surface area contributed by atoms with Crippen LogP contribution >= 0.6 is 19.2 Å². The van der Waals surface area contributed by atoms with Gasteiger partial charge in [0.1, 0.15) is 27.1 Å². The van der Waals surface area contributed by atoms with E-state index in [4.69, 9.17) is 20.3 Å². The summed E-state index contributed by atoms with van der Waals surface area (Å²) in [7, 11) is -4.83. The Hall–Kier alpha value is -2.67. The summed E-state index contributed by atoms with van der Waals surface area (Å²) in [6, 6.07) is 9.49. The number of hydrogen-bond donors (Lipinski definition) is 3. The van der Waals surface area contributed by atoms with Gasteiger partial charge in [-0.3, -0.25) is 4.52 Å². The normalized spacial score (nSPS) is 13.8. The van der Waals surface area contributed by atoms with Crippen LogP contribution in [0.15, 0.2) is 55.1 Å². The molecule has 0 unspecified atom stereocenters. The number of ether oxygens (including phenoxy) is 1. The summed E-state index contributed by atoms with van der Waals surface area (Å²) >= 11 is 0.833. The fraction of sp³-hybridized carbons (Fsp3) is 0.304. The first-order valence-electron chi connectivity index (χ1n) is 10.9. The van der Waals surface area contributed by atoms with E-state index in [2.05, 4.69) is 21.3 Å². The average molecular weight is 561 g/mol. The highest BCUT2D eigenvalue weighted by Crippen LogP contribution is 2.41. The van der Waals surface area contributed by atoms with Crippen molar-refractivity contribution in [2.45, 2.75) is 31.0 Å². The fourth-order valence-corrected chi connectivity index (χ4v) is 4.51. The van der Waals surface area contributed by atoms with E-state index >= 15 is 0 Å². The predicted octanol–water partition coefficient (Wildman–Crippen LogP) is 5.21.